The van der Waals surface area contributed by atoms with Crippen molar-refractivity contribution in [2.24, 2.45) is 10.8 Å². The number of nitrogens with zero attached hydrogens (tertiary/aromatic N) is 2. The molecule has 124 valence electrons. The normalized spacial score (nSPS) is 30.2. The molecule has 4 rings (SSSR count). The van der Waals surface area contributed by atoms with Crippen LogP contribution in [0.5, 0.6) is 0 Å². The summed E-state index contributed by atoms with van der Waals surface area (Å²) in [6, 6.07) is 7.32. The molecular weight excluding hydrogens is 282 g/mol. The van der Waals surface area contributed by atoms with Gasteiger partial charge >= 0.3 is 0 Å². The van der Waals surface area contributed by atoms with Crippen molar-refractivity contribution in [3.63, 3.8) is 0 Å². The number of likely N-dealkylation sites (tertiary alicyclic amines) is 1. The van der Waals surface area contributed by atoms with Gasteiger partial charge in [0.25, 0.3) is 0 Å². The maximum Gasteiger partial charge on any atom is 0.121 e. The van der Waals surface area contributed by atoms with Crippen LogP contribution in [0.3, 0.4) is 0 Å². The summed E-state index contributed by atoms with van der Waals surface area (Å²) in [6.45, 7) is 11.7. The Morgan fingerprint density at radius 1 is 1.26 bits per heavy atom. The molecular formula is C20H29N3. The van der Waals surface area contributed by atoms with Crippen molar-refractivity contribution < 1.29 is 0 Å². The molecule has 1 saturated carbocycles. The van der Waals surface area contributed by atoms with Gasteiger partial charge in [0, 0.05) is 12.6 Å². The lowest BCUT2D eigenvalue weighted by Gasteiger charge is -2.39. The third-order valence-electron chi connectivity index (χ3n) is 5.88. The molecule has 1 aliphatic carbocycles. The van der Waals surface area contributed by atoms with Gasteiger partial charge in [0.1, 0.15) is 5.82 Å². The molecule has 23 heavy (non-hydrogen) atoms. The molecule has 3 heteroatoms. The van der Waals surface area contributed by atoms with Crippen molar-refractivity contribution in [3.8, 4) is 0 Å². The predicted octanol–water partition coefficient (Wildman–Crippen LogP) is 4.53. The second-order valence-electron chi connectivity index (χ2n) is 9.01. The highest BCUT2D eigenvalue weighted by Gasteiger charge is 2.49. The van der Waals surface area contributed by atoms with Crippen molar-refractivity contribution >= 4 is 11.0 Å². The SMILES string of the molecule is CCc1ccc2nc(CN3CC4(C)CC3CC(C)(C)C4)[nH]c2c1. The van der Waals surface area contributed by atoms with Crippen molar-refractivity contribution in [1.82, 2.24) is 14.9 Å². The van der Waals surface area contributed by atoms with E-state index in [4.69, 9.17) is 4.98 Å². The molecule has 1 aliphatic heterocycles. The van der Waals surface area contributed by atoms with E-state index in [0.717, 1.165) is 30.3 Å². The van der Waals surface area contributed by atoms with Crippen LogP contribution in [0.1, 0.15) is 58.3 Å². The zero-order valence-electron chi connectivity index (χ0n) is 14.9. The molecule has 3 nitrogen and oxygen atoms in total. The topological polar surface area (TPSA) is 31.9 Å². The predicted molar refractivity (Wildman–Crippen MR) is 95.4 cm³/mol. The lowest BCUT2D eigenvalue weighted by atomic mass is 9.65. The van der Waals surface area contributed by atoms with Gasteiger partial charge in [-0.3, -0.25) is 4.90 Å². The van der Waals surface area contributed by atoms with Crippen LogP contribution in [-0.2, 0) is 13.0 Å². The van der Waals surface area contributed by atoms with Crippen LogP contribution in [0.4, 0.5) is 0 Å². The van der Waals surface area contributed by atoms with Gasteiger partial charge in [-0.25, -0.2) is 4.98 Å². The van der Waals surface area contributed by atoms with Crippen molar-refractivity contribution in [1.29, 1.82) is 0 Å². The zero-order chi connectivity index (χ0) is 16.2. The summed E-state index contributed by atoms with van der Waals surface area (Å²) in [7, 11) is 0. The second-order valence-corrected chi connectivity index (χ2v) is 9.01. The molecule has 2 aromatic rings. The van der Waals surface area contributed by atoms with Gasteiger partial charge in [0.15, 0.2) is 0 Å². The number of H-pyrrole nitrogens is 1. The standard InChI is InChI=1S/C20H29N3/c1-5-14-6-7-16-17(8-14)22-18(21-16)11-23-13-20(4)10-15(23)9-19(2,3)12-20/h6-8,15H,5,9-13H2,1-4H3,(H,21,22). The molecule has 2 atom stereocenters. The van der Waals surface area contributed by atoms with Crippen molar-refractivity contribution in [2.45, 2.75) is 66.0 Å². The molecule has 1 N–H and O–H groups in total. The Balaban J connectivity index is 1.57. The fourth-order valence-corrected chi connectivity index (χ4v) is 5.36. The minimum atomic E-state index is 0.482. The van der Waals surface area contributed by atoms with Crippen LogP contribution in [0, 0.1) is 10.8 Å². The summed E-state index contributed by atoms with van der Waals surface area (Å²) >= 11 is 0. The first-order valence-electron chi connectivity index (χ1n) is 9.07. The van der Waals surface area contributed by atoms with Gasteiger partial charge in [-0.15, -0.1) is 0 Å². The average molecular weight is 311 g/mol. The first-order chi connectivity index (χ1) is 10.9. The minimum absolute atomic E-state index is 0.482. The number of aromatic amines is 1. The Hall–Kier alpha value is -1.35. The number of aryl methyl sites for hydroxylation is 1. The Morgan fingerprint density at radius 3 is 2.87 bits per heavy atom. The molecule has 0 spiro atoms. The van der Waals surface area contributed by atoms with Gasteiger partial charge in [-0.2, -0.15) is 0 Å². The molecule has 1 saturated heterocycles. The lowest BCUT2D eigenvalue weighted by Crippen LogP contribution is -2.34. The Morgan fingerprint density at radius 2 is 2.09 bits per heavy atom. The van der Waals surface area contributed by atoms with E-state index >= 15 is 0 Å². The fourth-order valence-electron chi connectivity index (χ4n) is 5.36. The minimum Gasteiger partial charge on any atom is -0.341 e. The average Bonchev–Trinajstić information content (AvgIpc) is 2.94. The summed E-state index contributed by atoms with van der Waals surface area (Å²) in [5, 5.41) is 0. The summed E-state index contributed by atoms with van der Waals surface area (Å²) < 4.78 is 0. The quantitative estimate of drug-likeness (QED) is 0.903. The number of imidazole rings is 1. The zero-order valence-corrected chi connectivity index (χ0v) is 14.9. The van der Waals surface area contributed by atoms with Crippen LogP contribution < -0.4 is 0 Å². The molecule has 2 aliphatic rings. The van der Waals surface area contributed by atoms with E-state index in [2.05, 4.69) is 55.8 Å². The number of hydrogen-bond donors (Lipinski definition) is 1. The number of hydrogen-bond acceptors (Lipinski definition) is 2. The number of fused-ring (bicyclic) bond motifs is 3. The van der Waals surface area contributed by atoms with Crippen LogP contribution >= 0.6 is 0 Å². The van der Waals surface area contributed by atoms with E-state index in [9.17, 15) is 0 Å². The third kappa shape index (κ3) is 2.80. The van der Waals surface area contributed by atoms with Gasteiger partial charge in [-0.05, 0) is 54.2 Å². The van der Waals surface area contributed by atoms with Crippen molar-refractivity contribution in [3.05, 3.63) is 29.6 Å². The van der Waals surface area contributed by atoms with Crippen LogP contribution in [0.2, 0.25) is 0 Å². The third-order valence-corrected chi connectivity index (χ3v) is 5.88. The van der Waals surface area contributed by atoms with Crippen molar-refractivity contribution in [2.75, 3.05) is 6.54 Å². The molecule has 2 heterocycles. The summed E-state index contributed by atoms with van der Waals surface area (Å²) in [5.74, 6) is 1.13. The van der Waals surface area contributed by atoms with Gasteiger partial charge in [0.05, 0.1) is 17.6 Å². The van der Waals surface area contributed by atoms with E-state index in [-0.39, 0.29) is 0 Å². The van der Waals surface area contributed by atoms with E-state index in [1.54, 1.807) is 0 Å². The van der Waals surface area contributed by atoms with Gasteiger partial charge < -0.3 is 4.98 Å². The molecule has 1 aromatic heterocycles. The van der Waals surface area contributed by atoms with E-state index in [0.29, 0.717) is 10.8 Å². The maximum atomic E-state index is 4.83. The highest BCUT2D eigenvalue weighted by Crippen LogP contribution is 2.52. The Bertz CT molecular complexity index is 730. The van der Waals surface area contributed by atoms with Crippen LogP contribution in [-0.4, -0.2) is 27.5 Å². The van der Waals surface area contributed by atoms with Gasteiger partial charge in [-0.1, -0.05) is 33.8 Å². The molecule has 2 bridgehead atoms. The molecule has 2 unspecified atom stereocenters. The first-order valence-corrected chi connectivity index (χ1v) is 9.07. The smallest absolute Gasteiger partial charge is 0.121 e. The summed E-state index contributed by atoms with van der Waals surface area (Å²) in [4.78, 5) is 11.1. The summed E-state index contributed by atoms with van der Waals surface area (Å²) in [5.41, 5.74) is 4.64. The molecule has 0 radical (unpaired) electrons. The Kier molecular flexibility index (Phi) is 3.35. The Labute approximate surface area is 139 Å². The fraction of sp³-hybridized carbons (Fsp3) is 0.650. The van der Waals surface area contributed by atoms with Gasteiger partial charge in [0.2, 0.25) is 0 Å². The van der Waals surface area contributed by atoms with E-state index in [1.165, 1.54) is 36.9 Å². The summed E-state index contributed by atoms with van der Waals surface area (Å²) in [6.07, 6.45) is 5.11. The van der Waals surface area contributed by atoms with E-state index in [1.807, 2.05) is 0 Å². The number of rotatable bonds is 3. The second kappa shape index (κ2) is 5.07. The molecule has 0 amide bonds. The lowest BCUT2D eigenvalue weighted by molar-refractivity contribution is 0.126. The molecule has 1 aromatic carbocycles. The number of nitrogens with one attached hydrogen (secondary N) is 1. The van der Waals surface area contributed by atoms with E-state index < -0.39 is 0 Å². The highest BCUT2D eigenvalue weighted by molar-refractivity contribution is 5.75. The number of aromatic nitrogens is 2. The highest BCUT2D eigenvalue weighted by atomic mass is 15.2. The number of benzene rings is 1. The largest absolute Gasteiger partial charge is 0.341 e. The first kappa shape index (κ1) is 15.2. The molecule has 2 fully saturated rings. The maximum absolute atomic E-state index is 4.83. The monoisotopic (exact) mass is 311 g/mol. The van der Waals surface area contributed by atoms with Crippen LogP contribution in [0.25, 0.3) is 11.0 Å². The van der Waals surface area contributed by atoms with Crippen LogP contribution in [0.15, 0.2) is 18.2 Å².